The molecule has 1 saturated carbocycles. The summed E-state index contributed by atoms with van der Waals surface area (Å²) in [4.78, 5) is 12.0. The van der Waals surface area contributed by atoms with Gasteiger partial charge in [-0.25, -0.2) is 0 Å². The lowest BCUT2D eigenvalue weighted by Crippen LogP contribution is -2.47. The molecule has 2 rings (SSSR count). The van der Waals surface area contributed by atoms with Crippen LogP contribution < -0.4 is 5.32 Å². The third kappa shape index (κ3) is 4.00. The van der Waals surface area contributed by atoms with Gasteiger partial charge in [-0.15, -0.1) is 0 Å². The van der Waals surface area contributed by atoms with Crippen LogP contribution in [-0.2, 0) is 17.4 Å². The zero-order valence-corrected chi connectivity index (χ0v) is 12.4. The molecule has 0 spiro atoms. The molecule has 1 aliphatic rings. The van der Waals surface area contributed by atoms with Gasteiger partial charge in [-0.05, 0) is 36.8 Å². The number of hydrogen-bond donors (Lipinski definition) is 2. The number of hydrogen-bond acceptors (Lipinski definition) is 2. The van der Waals surface area contributed by atoms with Crippen LogP contribution in [0, 0.1) is 5.92 Å². The number of carbonyl (C=O) groups excluding carboxylic acids is 1. The van der Waals surface area contributed by atoms with E-state index in [-0.39, 0.29) is 30.0 Å². The smallest absolute Gasteiger partial charge is 0.393 e. The van der Waals surface area contributed by atoms with Crippen molar-refractivity contribution >= 4 is 5.91 Å². The van der Waals surface area contributed by atoms with E-state index in [4.69, 9.17) is 0 Å². The maximum absolute atomic E-state index is 12.9. The molecule has 122 valence electrons. The third-order valence-electron chi connectivity index (χ3n) is 4.18. The molecule has 22 heavy (non-hydrogen) atoms. The molecule has 1 aromatic carbocycles. The lowest BCUT2D eigenvalue weighted by Gasteiger charge is -2.37. The molecule has 1 aliphatic carbocycles. The van der Waals surface area contributed by atoms with E-state index in [2.05, 4.69) is 5.32 Å². The number of halogens is 3. The number of aliphatic hydroxyl groups excluding tert-OH is 1. The molecule has 1 atom stereocenters. The number of nitrogens with one attached hydrogen (secondary N) is 1. The summed E-state index contributed by atoms with van der Waals surface area (Å²) in [5.41, 5.74) is -0.784. The summed E-state index contributed by atoms with van der Waals surface area (Å²) in [6, 6.07) is 5.04. The molecule has 1 aromatic rings. The average Bonchev–Trinajstić information content (AvgIpc) is 2.41. The molecule has 1 amide bonds. The first-order valence-electron chi connectivity index (χ1n) is 7.43. The van der Waals surface area contributed by atoms with Crippen LogP contribution in [0.25, 0.3) is 0 Å². The van der Waals surface area contributed by atoms with Gasteiger partial charge in [0.1, 0.15) is 0 Å². The highest BCUT2D eigenvalue weighted by Gasteiger charge is 2.35. The van der Waals surface area contributed by atoms with E-state index in [1.165, 1.54) is 18.2 Å². The van der Waals surface area contributed by atoms with Crippen LogP contribution in [0.15, 0.2) is 24.3 Å². The van der Waals surface area contributed by atoms with E-state index in [1.807, 2.05) is 6.92 Å². The zero-order chi connectivity index (χ0) is 16.3. The van der Waals surface area contributed by atoms with Crippen LogP contribution in [-0.4, -0.2) is 23.2 Å². The largest absolute Gasteiger partial charge is 0.416 e. The molecule has 0 aliphatic heterocycles. The minimum Gasteiger partial charge on any atom is -0.393 e. The van der Waals surface area contributed by atoms with Crippen molar-refractivity contribution in [1.29, 1.82) is 0 Å². The van der Waals surface area contributed by atoms with Gasteiger partial charge in [-0.1, -0.05) is 25.1 Å². The Bertz CT molecular complexity index is 524. The number of alkyl halides is 3. The summed E-state index contributed by atoms with van der Waals surface area (Å²) in [6.07, 6.45) is -3.09. The molecule has 6 heteroatoms. The van der Waals surface area contributed by atoms with Crippen LogP contribution >= 0.6 is 0 Å². The number of rotatable bonds is 5. The van der Waals surface area contributed by atoms with Crippen LogP contribution in [0.2, 0.25) is 0 Å². The highest BCUT2D eigenvalue weighted by Crippen LogP contribution is 2.33. The van der Waals surface area contributed by atoms with Crippen molar-refractivity contribution in [3.05, 3.63) is 35.4 Å². The number of aliphatic hydroxyl groups is 1. The zero-order valence-electron chi connectivity index (χ0n) is 12.4. The van der Waals surface area contributed by atoms with Crippen molar-refractivity contribution in [2.24, 2.45) is 5.92 Å². The second kappa shape index (κ2) is 6.69. The lowest BCUT2D eigenvalue weighted by molar-refractivity contribution is -0.138. The van der Waals surface area contributed by atoms with Gasteiger partial charge in [0, 0.05) is 6.04 Å². The van der Waals surface area contributed by atoms with E-state index < -0.39 is 17.6 Å². The monoisotopic (exact) mass is 315 g/mol. The summed E-state index contributed by atoms with van der Waals surface area (Å²) in [6.45, 7) is 1.92. The van der Waals surface area contributed by atoms with Crippen molar-refractivity contribution in [3.63, 3.8) is 0 Å². The Morgan fingerprint density at radius 2 is 2.00 bits per heavy atom. The van der Waals surface area contributed by atoms with Gasteiger partial charge in [0.25, 0.3) is 0 Å². The standard InChI is InChI=1S/C16H20F3NO2/c1-2-14(11-7-12(21)8-11)20-15(22)9-10-5-3-4-6-13(10)16(17,18)19/h3-6,11-12,14,21H,2,7-9H2,1H3,(H,20,22). The summed E-state index contributed by atoms with van der Waals surface area (Å²) < 4.78 is 38.7. The Kier molecular flexibility index (Phi) is 5.11. The predicted octanol–water partition coefficient (Wildman–Crippen LogP) is 2.91. The van der Waals surface area contributed by atoms with Crippen molar-refractivity contribution in [1.82, 2.24) is 5.32 Å². The number of carbonyl (C=O) groups is 1. The minimum atomic E-state index is -4.46. The topological polar surface area (TPSA) is 49.3 Å². The molecular weight excluding hydrogens is 295 g/mol. The second-order valence-electron chi connectivity index (χ2n) is 5.80. The first-order chi connectivity index (χ1) is 10.3. The predicted molar refractivity (Wildman–Crippen MR) is 76.1 cm³/mol. The summed E-state index contributed by atoms with van der Waals surface area (Å²) >= 11 is 0. The first-order valence-corrected chi connectivity index (χ1v) is 7.43. The van der Waals surface area contributed by atoms with Crippen LogP contribution in [0.3, 0.4) is 0 Å². The average molecular weight is 315 g/mol. The van der Waals surface area contributed by atoms with Crippen LogP contribution in [0.4, 0.5) is 13.2 Å². The lowest BCUT2D eigenvalue weighted by atomic mass is 9.76. The molecular formula is C16H20F3NO2. The van der Waals surface area contributed by atoms with Crippen molar-refractivity contribution in [2.45, 2.75) is 50.9 Å². The van der Waals surface area contributed by atoms with Gasteiger partial charge in [0.15, 0.2) is 0 Å². The van der Waals surface area contributed by atoms with Gasteiger partial charge in [-0.3, -0.25) is 4.79 Å². The maximum Gasteiger partial charge on any atom is 0.416 e. The fraction of sp³-hybridized carbons (Fsp3) is 0.562. The van der Waals surface area contributed by atoms with Crippen molar-refractivity contribution in [2.75, 3.05) is 0 Å². The molecule has 0 aromatic heterocycles. The third-order valence-corrected chi connectivity index (χ3v) is 4.18. The Hall–Kier alpha value is -1.56. The van der Waals surface area contributed by atoms with E-state index >= 15 is 0 Å². The number of benzene rings is 1. The van der Waals surface area contributed by atoms with E-state index in [0.29, 0.717) is 19.3 Å². The van der Waals surface area contributed by atoms with E-state index in [1.54, 1.807) is 0 Å². The van der Waals surface area contributed by atoms with Crippen molar-refractivity contribution in [3.8, 4) is 0 Å². The van der Waals surface area contributed by atoms with Gasteiger partial charge in [0.2, 0.25) is 5.91 Å². The van der Waals surface area contributed by atoms with Gasteiger partial charge >= 0.3 is 6.18 Å². The molecule has 2 N–H and O–H groups in total. The number of amides is 1. The Morgan fingerprint density at radius 1 is 1.36 bits per heavy atom. The molecule has 0 saturated heterocycles. The molecule has 3 nitrogen and oxygen atoms in total. The highest BCUT2D eigenvalue weighted by molar-refractivity contribution is 5.79. The quantitative estimate of drug-likeness (QED) is 0.878. The molecule has 0 bridgehead atoms. The summed E-state index contributed by atoms with van der Waals surface area (Å²) in [5, 5.41) is 12.1. The van der Waals surface area contributed by atoms with Gasteiger partial charge < -0.3 is 10.4 Å². The Labute approximate surface area is 127 Å². The second-order valence-corrected chi connectivity index (χ2v) is 5.80. The molecule has 0 heterocycles. The van der Waals surface area contributed by atoms with E-state index in [9.17, 15) is 23.1 Å². The highest BCUT2D eigenvalue weighted by atomic mass is 19.4. The van der Waals surface area contributed by atoms with E-state index in [0.717, 1.165) is 6.07 Å². The summed E-state index contributed by atoms with van der Waals surface area (Å²) in [5.74, 6) is -0.202. The van der Waals surface area contributed by atoms with Crippen LogP contribution in [0.5, 0.6) is 0 Å². The normalized spacial score (nSPS) is 22.8. The molecule has 1 fully saturated rings. The Balaban J connectivity index is 2.00. The van der Waals surface area contributed by atoms with Gasteiger partial charge in [-0.2, -0.15) is 13.2 Å². The van der Waals surface area contributed by atoms with Gasteiger partial charge in [0.05, 0.1) is 18.1 Å². The summed E-state index contributed by atoms with van der Waals surface area (Å²) in [7, 11) is 0. The minimum absolute atomic E-state index is 0.0176. The van der Waals surface area contributed by atoms with Crippen molar-refractivity contribution < 1.29 is 23.1 Å². The molecule has 1 unspecified atom stereocenters. The van der Waals surface area contributed by atoms with Crippen LogP contribution in [0.1, 0.15) is 37.3 Å². The first kappa shape index (κ1) is 16.8. The Morgan fingerprint density at radius 3 is 2.55 bits per heavy atom. The fourth-order valence-corrected chi connectivity index (χ4v) is 2.89. The maximum atomic E-state index is 12.9. The molecule has 0 radical (unpaired) electrons. The SMILES string of the molecule is CCC(NC(=O)Cc1ccccc1C(F)(F)F)C1CC(O)C1. The fourth-order valence-electron chi connectivity index (χ4n) is 2.89.